The molecule has 0 aliphatic carbocycles. The molecule has 0 amide bonds. The van der Waals surface area contributed by atoms with Crippen LogP contribution in [0.2, 0.25) is 0 Å². The molecule has 1 aromatic heterocycles. The fourth-order valence-corrected chi connectivity index (χ4v) is 3.23. The van der Waals surface area contributed by atoms with Crippen LogP contribution in [0, 0.1) is 6.92 Å². The zero-order valence-corrected chi connectivity index (χ0v) is 15.0. The smallest absolute Gasteiger partial charge is 0.190 e. The van der Waals surface area contributed by atoms with Crippen molar-refractivity contribution in [1.82, 2.24) is 4.57 Å². The highest BCUT2D eigenvalue weighted by Crippen LogP contribution is 2.19. The van der Waals surface area contributed by atoms with E-state index in [0.717, 1.165) is 17.1 Å². The van der Waals surface area contributed by atoms with Crippen LogP contribution in [-0.2, 0) is 6.54 Å². The number of hydrogen-bond donors (Lipinski definition) is 1. The number of aliphatic hydroxyl groups is 1. The maximum Gasteiger partial charge on any atom is 0.190 e. The van der Waals surface area contributed by atoms with Gasteiger partial charge in [0.1, 0.15) is 5.75 Å². The van der Waals surface area contributed by atoms with Gasteiger partial charge in [0.15, 0.2) is 10.6 Å². The number of carbonyl (C=O) groups is 1. The average Bonchev–Trinajstić information content (AvgIpc) is 2.79. The molecule has 0 aliphatic heterocycles. The largest absolute Gasteiger partial charge is 0.494 e. The molecule has 0 bridgehead atoms. The molecule has 5 nitrogen and oxygen atoms in total. The molecule has 7 heteroatoms. The molecular weight excluding hydrogens is 336 g/mol. The number of nitrogens with zero attached hydrogens (tertiary/aromatic N) is 2. The van der Waals surface area contributed by atoms with E-state index in [4.69, 9.17) is 4.74 Å². The van der Waals surface area contributed by atoms with E-state index in [-0.39, 0.29) is 24.8 Å². The summed E-state index contributed by atoms with van der Waals surface area (Å²) in [5, 5.41) is 9.22. The first-order valence-electron chi connectivity index (χ1n) is 7.16. The fourth-order valence-electron chi connectivity index (χ4n) is 2.15. The zero-order valence-electron chi connectivity index (χ0n) is 13.4. The van der Waals surface area contributed by atoms with E-state index in [2.05, 4.69) is 4.99 Å². The lowest BCUT2D eigenvalue weighted by Crippen LogP contribution is -2.18. The second-order valence-electron chi connectivity index (χ2n) is 4.77. The number of thiazole rings is 1. The summed E-state index contributed by atoms with van der Waals surface area (Å²) in [7, 11) is 0. The summed E-state index contributed by atoms with van der Waals surface area (Å²) in [6.07, 6.45) is 0. The van der Waals surface area contributed by atoms with Crippen LogP contribution in [0.1, 0.15) is 29.2 Å². The quantitative estimate of drug-likeness (QED) is 0.809. The number of Topliss-reactive ketones (excluding diaryl/α,β-unsaturated/α-hetero) is 1. The Balaban J connectivity index is 0.00000264. The average molecular weight is 357 g/mol. The summed E-state index contributed by atoms with van der Waals surface area (Å²) in [5.41, 5.74) is 1.63. The maximum absolute atomic E-state index is 11.7. The Kier molecular flexibility index (Phi) is 7.48. The van der Waals surface area contributed by atoms with Gasteiger partial charge in [0.2, 0.25) is 0 Å². The van der Waals surface area contributed by atoms with Crippen LogP contribution in [0.25, 0.3) is 0 Å². The Morgan fingerprint density at radius 1 is 1.35 bits per heavy atom. The number of carbonyl (C=O) groups excluding carboxylic acids is 1. The van der Waals surface area contributed by atoms with E-state index in [0.29, 0.717) is 22.8 Å². The van der Waals surface area contributed by atoms with Crippen molar-refractivity contribution in [1.29, 1.82) is 0 Å². The highest BCUT2D eigenvalue weighted by atomic mass is 35.5. The summed E-state index contributed by atoms with van der Waals surface area (Å²) < 4.78 is 7.28. The molecule has 0 spiro atoms. The number of benzene rings is 1. The van der Waals surface area contributed by atoms with Crippen molar-refractivity contribution in [3.63, 3.8) is 0 Å². The number of hydrogen-bond acceptors (Lipinski definition) is 5. The lowest BCUT2D eigenvalue weighted by Gasteiger charge is -2.04. The van der Waals surface area contributed by atoms with Crippen LogP contribution in [0.4, 0.5) is 5.69 Å². The molecule has 0 aliphatic rings. The van der Waals surface area contributed by atoms with E-state index in [1.54, 1.807) is 6.92 Å². The molecule has 0 saturated heterocycles. The highest BCUT2D eigenvalue weighted by Gasteiger charge is 2.13. The van der Waals surface area contributed by atoms with Crippen molar-refractivity contribution < 1.29 is 14.6 Å². The van der Waals surface area contributed by atoms with Crippen molar-refractivity contribution in [2.24, 2.45) is 4.99 Å². The topological polar surface area (TPSA) is 63.8 Å². The third kappa shape index (κ3) is 4.67. The molecule has 1 aromatic carbocycles. The van der Waals surface area contributed by atoms with Gasteiger partial charge in [0, 0.05) is 19.2 Å². The second-order valence-corrected chi connectivity index (χ2v) is 5.75. The molecule has 2 rings (SSSR count). The van der Waals surface area contributed by atoms with Gasteiger partial charge in [-0.05, 0) is 38.1 Å². The molecule has 126 valence electrons. The Bertz CT molecular complexity index is 720. The standard InChI is InChI=1S/C16H20N2O3S.ClH/c1-4-21-14-7-5-13(6-8-14)17-16-18(9-10-19)11(2)15(22-16)12(3)20;/h5-8,19H,4,9-10H2,1-3H3;1H. The number of rotatable bonds is 6. The Labute approximate surface area is 145 Å². The summed E-state index contributed by atoms with van der Waals surface area (Å²) in [6.45, 7) is 6.41. The molecule has 0 fully saturated rings. The van der Waals surface area contributed by atoms with Gasteiger partial charge >= 0.3 is 0 Å². The Morgan fingerprint density at radius 3 is 2.52 bits per heavy atom. The minimum atomic E-state index is 0. The van der Waals surface area contributed by atoms with Crippen LogP contribution >= 0.6 is 23.7 Å². The minimum Gasteiger partial charge on any atom is -0.494 e. The predicted molar refractivity (Wildman–Crippen MR) is 94.2 cm³/mol. The van der Waals surface area contributed by atoms with Crippen LogP contribution in [0.3, 0.4) is 0 Å². The number of halogens is 1. The third-order valence-electron chi connectivity index (χ3n) is 3.17. The van der Waals surface area contributed by atoms with Crippen LogP contribution in [0.15, 0.2) is 29.3 Å². The molecule has 23 heavy (non-hydrogen) atoms. The molecule has 1 N–H and O–H groups in total. The Hall–Kier alpha value is -1.63. The molecule has 0 radical (unpaired) electrons. The van der Waals surface area contributed by atoms with Gasteiger partial charge in [0.05, 0.1) is 23.8 Å². The van der Waals surface area contributed by atoms with Crippen molar-refractivity contribution in [2.75, 3.05) is 13.2 Å². The second kappa shape index (κ2) is 8.86. The first kappa shape index (κ1) is 19.4. The lowest BCUT2D eigenvalue weighted by atomic mass is 10.3. The molecule has 0 saturated carbocycles. The normalized spacial score (nSPS) is 11.2. The van der Waals surface area contributed by atoms with Gasteiger partial charge in [-0.2, -0.15) is 0 Å². The number of aromatic nitrogens is 1. The van der Waals surface area contributed by atoms with Crippen molar-refractivity contribution in [2.45, 2.75) is 27.3 Å². The van der Waals surface area contributed by atoms with Gasteiger partial charge in [-0.1, -0.05) is 11.3 Å². The number of ether oxygens (including phenoxy) is 1. The lowest BCUT2D eigenvalue weighted by molar-refractivity contribution is 0.102. The Morgan fingerprint density at radius 2 is 2.00 bits per heavy atom. The van der Waals surface area contributed by atoms with E-state index in [1.807, 2.05) is 42.7 Å². The van der Waals surface area contributed by atoms with E-state index < -0.39 is 0 Å². The number of ketones is 1. The summed E-state index contributed by atoms with van der Waals surface area (Å²) in [4.78, 5) is 17.7. The zero-order chi connectivity index (χ0) is 16.1. The monoisotopic (exact) mass is 356 g/mol. The summed E-state index contributed by atoms with van der Waals surface area (Å²) in [6, 6.07) is 7.48. The van der Waals surface area contributed by atoms with Gasteiger partial charge < -0.3 is 14.4 Å². The summed E-state index contributed by atoms with van der Waals surface area (Å²) >= 11 is 1.35. The fraction of sp³-hybridized carbons (Fsp3) is 0.375. The summed E-state index contributed by atoms with van der Waals surface area (Å²) in [5.74, 6) is 0.818. The van der Waals surface area contributed by atoms with Crippen LogP contribution in [0.5, 0.6) is 5.75 Å². The van der Waals surface area contributed by atoms with Gasteiger partial charge in [-0.15, -0.1) is 12.4 Å². The molecule has 1 heterocycles. The molecule has 0 unspecified atom stereocenters. The molecule has 2 aromatic rings. The third-order valence-corrected chi connectivity index (χ3v) is 4.45. The van der Waals surface area contributed by atoms with E-state index >= 15 is 0 Å². The SMILES string of the molecule is CCOc1ccc(N=c2sc(C(C)=O)c(C)n2CCO)cc1.Cl. The van der Waals surface area contributed by atoms with Crippen molar-refractivity contribution in [3.05, 3.63) is 39.6 Å². The highest BCUT2D eigenvalue weighted by molar-refractivity contribution is 7.11. The predicted octanol–water partition coefficient (Wildman–Crippen LogP) is 3.11. The van der Waals surface area contributed by atoms with Gasteiger partial charge in [-0.3, -0.25) is 4.79 Å². The van der Waals surface area contributed by atoms with E-state index in [9.17, 15) is 9.90 Å². The van der Waals surface area contributed by atoms with Gasteiger partial charge in [0.25, 0.3) is 0 Å². The molecule has 0 atom stereocenters. The van der Waals surface area contributed by atoms with Crippen molar-refractivity contribution >= 4 is 35.2 Å². The molecular formula is C16H21ClN2O3S. The van der Waals surface area contributed by atoms with E-state index in [1.165, 1.54) is 11.3 Å². The first-order chi connectivity index (χ1) is 10.6. The first-order valence-corrected chi connectivity index (χ1v) is 7.98. The van der Waals surface area contributed by atoms with Crippen LogP contribution < -0.4 is 9.54 Å². The van der Waals surface area contributed by atoms with Gasteiger partial charge in [-0.25, -0.2) is 4.99 Å². The number of aliphatic hydroxyl groups excluding tert-OH is 1. The maximum atomic E-state index is 11.7. The minimum absolute atomic E-state index is 0. The van der Waals surface area contributed by atoms with Crippen LogP contribution in [-0.4, -0.2) is 28.7 Å². The van der Waals surface area contributed by atoms with Crippen molar-refractivity contribution in [3.8, 4) is 5.75 Å².